The Morgan fingerprint density at radius 1 is 1.80 bits per heavy atom. The van der Waals surface area contributed by atoms with Crippen LogP contribution in [0.4, 0.5) is 0 Å². The van der Waals surface area contributed by atoms with Crippen molar-refractivity contribution in [3.05, 3.63) is 0 Å². The van der Waals surface area contributed by atoms with Crippen molar-refractivity contribution in [1.29, 1.82) is 5.41 Å². The van der Waals surface area contributed by atoms with Gasteiger partial charge in [0.2, 0.25) is 0 Å². The summed E-state index contributed by atoms with van der Waals surface area (Å²) < 4.78 is 0. The van der Waals surface area contributed by atoms with Crippen molar-refractivity contribution in [3.63, 3.8) is 0 Å². The van der Waals surface area contributed by atoms with Crippen molar-refractivity contribution in [2.75, 3.05) is 13.1 Å². The highest BCUT2D eigenvalue weighted by Gasteiger charge is 2.25. The molecule has 0 spiro atoms. The minimum Gasteiger partial charge on any atom is -0.481 e. The van der Waals surface area contributed by atoms with Crippen molar-refractivity contribution in [2.45, 2.75) is 6.42 Å². The molecule has 0 radical (unpaired) electrons. The molecular formula is C6H10N2O2. The second kappa shape index (κ2) is 2.68. The fraction of sp³-hybridized carbons (Fsp3) is 0.667. The summed E-state index contributed by atoms with van der Waals surface area (Å²) in [6.07, 6.45) is 1.49. The van der Waals surface area contributed by atoms with Crippen LogP contribution in [0.5, 0.6) is 0 Å². The number of carboxylic acid groups (broad SMARTS) is 1. The second-order valence-electron chi connectivity index (χ2n) is 2.55. The Hall–Kier alpha value is -1.06. The van der Waals surface area contributed by atoms with E-state index in [-0.39, 0.29) is 12.3 Å². The third kappa shape index (κ3) is 1.46. The van der Waals surface area contributed by atoms with Crippen LogP contribution in [-0.2, 0) is 4.79 Å². The molecule has 1 heterocycles. The lowest BCUT2D eigenvalue weighted by molar-refractivity contribution is -0.139. The lowest BCUT2D eigenvalue weighted by Gasteiger charge is -2.36. The molecule has 0 atom stereocenters. The maximum atomic E-state index is 10.1. The molecule has 0 aromatic rings. The van der Waals surface area contributed by atoms with E-state index in [0.29, 0.717) is 0 Å². The van der Waals surface area contributed by atoms with E-state index in [0.717, 1.165) is 13.1 Å². The minimum atomic E-state index is -0.741. The van der Waals surface area contributed by atoms with Crippen molar-refractivity contribution >= 4 is 12.3 Å². The number of aliphatic carboxylic acids is 1. The zero-order valence-corrected chi connectivity index (χ0v) is 5.58. The van der Waals surface area contributed by atoms with E-state index < -0.39 is 5.97 Å². The van der Waals surface area contributed by atoms with Crippen LogP contribution in [0, 0.1) is 11.3 Å². The average molecular weight is 142 g/mol. The Bertz CT molecular complexity index is 152. The fourth-order valence-electron chi connectivity index (χ4n) is 1.09. The first kappa shape index (κ1) is 7.05. The molecule has 56 valence electrons. The normalized spacial score (nSPS) is 18.2. The topological polar surface area (TPSA) is 64.4 Å². The Morgan fingerprint density at radius 2 is 2.40 bits per heavy atom. The number of likely N-dealkylation sites (tertiary alicyclic amines) is 1. The maximum Gasteiger partial charge on any atom is 0.303 e. The molecule has 4 heteroatoms. The van der Waals surface area contributed by atoms with Crippen LogP contribution in [0.2, 0.25) is 0 Å². The summed E-state index contributed by atoms with van der Waals surface area (Å²) in [6.45, 7) is 1.46. The molecule has 1 fully saturated rings. The summed E-state index contributed by atoms with van der Waals surface area (Å²) in [5, 5.41) is 15.1. The van der Waals surface area contributed by atoms with Crippen LogP contribution in [0.1, 0.15) is 6.42 Å². The van der Waals surface area contributed by atoms with Crippen LogP contribution >= 0.6 is 0 Å². The fourth-order valence-corrected chi connectivity index (χ4v) is 1.09. The Morgan fingerprint density at radius 3 is 2.80 bits per heavy atom. The van der Waals surface area contributed by atoms with E-state index in [4.69, 9.17) is 10.5 Å². The lowest BCUT2D eigenvalue weighted by atomic mass is 9.97. The highest BCUT2D eigenvalue weighted by Crippen LogP contribution is 2.16. The summed E-state index contributed by atoms with van der Waals surface area (Å²) in [5.41, 5.74) is 0. The van der Waals surface area contributed by atoms with E-state index in [1.807, 2.05) is 0 Å². The first-order valence-electron chi connectivity index (χ1n) is 3.19. The van der Waals surface area contributed by atoms with Gasteiger partial charge in [-0.15, -0.1) is 0 Å². The molecule has 1 saturated heterocycles. The molecule has 0 bridgehead atoms. The molecule has 1 aliphatic heterocycles. The average Bonchev–Trinajstić information content (AvgIpc) is 1.76. The molecule has 1 rings (SSSR count). The van der Waals surface area contributed by atoms with E-state index in [9.17, 15) is 4.79 Å². The molecule has 0 unspecified atom stereocenters. The summed E-state index contributed by atoms with van der Waals surface area (Å²) in [5.74, 6) is -0.478. The third-order valence-electron chi connectivity index (χ3n) is 1.63. The monoisotopic (exact) mass is 142 g/mol. The quantitative estimate of drug-likeness (QED) is 0.430. The van der Waals surface area contributed by atoms with Crippen LogP contribution < -0.4 is 0 Å². The second-order valence-corrected chi connectivity index (χ2v) is 2.55. The van der Waals surface area contributed by atoms with Crippen LogP contribution in [0.3, 0.4) is 0 Å². The van der Waals surface area contributed by atoms with Gasteiger partial charge in [0.25, 0.3) is 0 Å². The molecule has 4 nitrogen and oxygen atoms in total. The molecule has 0 saturated carbocycles. The number of rotatable bonds is 3. The highest BCUT2D eigenvalue weighted by molar-refractivity contribution is 5.67. The van der Waals surface area contributed by atoms with Crippen molar-refractivity contribution in [1.82, 2.24) is 4.90 Å². The third-order valence-corrected chi connectivity index (χ3v) is 1.63. The molecular weight excluding hydrogens is 132 g/mol. The number of carbonyl (C=O) groups is 1. The van der Waals surface area contributed by atoms with E-state index >= 15 is 0 Å². The SMILES string of the molecule is N=CN1CC(CC(=O)O)C1. The highest BCUT2D eigenvalue weighted by atomic mass is 16.4. The number of nitrogens with zero attached hydrogens (tertiary/aromatic N) is 1. The van der Waals surface area contributed by atoms with Gasteiger partial charge >= 0.3 is 5.97 Å². The van der Waals surface area contributed by atoms with Crippen molar-refractivity contribution < 1.29 is 9.90 Å². The Kier molecular flexibility index (Phi) is 1.89. The van der Waals surface area contributed by atoms with E-state index in [1.54, 1.807) is 4.90 Å². The van der Waals surface area contributed by atoms with Gasteiger partial charge in [0, 0.05) is 19.0 Å². The molecule has 10 heavy (non-hydrogen) atoms. The number of carboxylic acids is 1. The maximum absolute atomic E-state index is 10.1. The van der Waals surface area contributed by atoms with Crippen molar-refractivity contribution in [2.24, 2.45) is 5.92 Å². The zero-order valence-electron chi connectivity index (χ0n) is 5.58. The summed E-state index contributed by atoms with van der Waals surface area (Å²) >= 11 is 0. The first-order valence-corrected chi connectivity index (χ1v) is 3.19. The minimum absolute atomic E-state index is 0.240. The van der Waals surface area contributed by atoms with Gasteiger partial charge in [0.05, 0.1) is 12.8 Å². The summed E-state index contributed by atoms with van der Waals surface area (Å²) in [4.78, 5) is 11.9. The van der Waals surface area contributed by atoms with Gasteiger partial charge in [-0.1, -0.05) is 0 Å². The largest absolute Gasteiger partial charge is 0.481 e. The van der Waals surface area contributed by atoms with Gasteiger partial charge in [-0.05, 0) is 0 Å². The predicted octanol–water partition coefficient (Wildman–Crippen LogP) is -0.0000300. The van der Waals surface area contributed by atoms with Gasteiger partial charge in [-0.25, -0.2) is 0 Å². The van der Waals surface area contributed by atoms with Crippen LogP contribution in [0.15, 0.2) is 0 Å². The smallest absolute Gasteiger partial charge is 0.303 e. The van der Waals surface area contributed by atoms with Crippen molar-refractivity contribution in [3.8, 4) is 0 Å². The van der Waals surface area contributed by atoms with Gasteiger partial charge in [-0.2, -0.15) is 0 Å². The van der Waals surface area contributed by atoms with E-state index in [2.05, 4.69) is 0 Å². The Balaban J connectivity index is 2.14. The van der Waals surface area contributed by atoms with E-state index in [1.165, 1.54) is 6.34 Å². The van der Waals surface area contributed by atoms with Gasteiger partial charge in [-0.3, -0.25) is 10.2 Å². The Labute approximate surface area is 59.0 Å². The number of nitrogens with one attached hydrogen (secondary N) is 1. The lowest BCUT2D eigenvalue weighted by Crippen LogP contribution is -2.46. The van der Waals surface area contributed by atoms with Gasteiger partial charge in [0.1, 0.15) is 0 Å². The molecule has 2 N–H and O–H groups in total. The van der Waals surface area contributed by atoms with Crippen LogP contribution in [-0.4, -0.2) is 35.4 Å². The molecule has 0 aliphatic carbocycles. The standard InChI is InChI=1S/C6H10N2O2/c7-4-8-2-5(3-8)1-6(9)10/h4-5,7H,1-3H2,(H,9,10). The van der Waals surface area contributed by atoms with Gasteiger partial charge in [0.15, 0.2) is 0 Å². The van der Waals surface area contributed by atoms with Gasteiger partial charge < -0.3 is 10.0 Å². The number of hydrogen-bond donors (Lipinski definition) is 2. The van der Waals surface area contributed by atoms with Crippen LogP contribution in [0.25, 0.3) is 0 Å². The summed E-state index contributed by atoms with van der Waals surface area (Å²) in [6, 6.07) is 0. The molecule has 0 aromatic heterocycles. The molecule has 0 amide bonds. The summed E-state index contributed by atoms with van der Waals surface area (Å²) in [7, 11) is 0. The molecule has 1 aliphatic rings. The number of hydrogen-bond acceptors (Lipinski definition) is 2. The first-order chi connectivity index (χ1) is 4.72. The zero-order chi connectivity index (χ0) is 7.56. The molecule has 0 aromatic carbocycles. The predicted molar refractivity (Wildman–Crippen MR) is 36.1 cm³/mol.